The average molecular weight is 404 g/mol. The molecule has 1 fully saturated rings. The fourth-order valence-corrected chi connectivity index (χ4v) is 6.01. The highest BCUT2D eigenvalue weighted by molar-refractivity contribution is 7.99. The van der Waals surface area contributed by atoms with E-state index in [0.717, 1.165) is 17.7 Å². The van der Waals surface area contributed by atoms with Crippen LogP contribution in [0, 0.1) is 11.6 Å². The van der Waals surface area contributed by atoms with Gasteiger partial charge in [-0.3, -0.25) is 0 Å². The predicted octanol–water partition coefficient (Wildman–Crippen LogP) is 4.49. The van der Waals surface area contributed by atoms with Gasteiger partial charge in [-0.1, -0.05) is 29.8 Å². The minimum atomic E-state index is -4.00. The second-order valence-corrected chi connectivity index (χ2v) is 9.27. The molecule has 0 saturated carbocycles. The molecule has 1 atom stereocenters. The molecular formula is C17H16ClF2NO2S2. The molecule has 0 radical (unpaired) electrons. The highest BCUT2D eigenvalue weighted by Gasteiger charge is 2.31. The lowest BCUT2D eigenvalue weighted by Crippen LogP contribution is -2.33. The van der Waals surface area contributed by atoms with Gasteiger partial charge >= 0.3 is 0 Å². The molecule has 1 aliphatic heterocycles. The summed E-state index contributed by atoms with van der Waals surface area (Å²) in [6.45, 7) is 0.521. The maximum absolute atomic E-state index is 13.9. The first-order valence-corrected chi connectivity index (χ1v) is 10.6. The van der Waals surface area contributed by atoms with E-state index in [1.54, 1.807) is 11.8 Å². The van der Waals surface area contributed by atoms with Crippen molar-refractivity contribution in [3.63, 3.8) is 0 Å². The maximum atomic E-state index is 13.9. The van der Waals surface area contributed by atoms with Gasteiger partial charge in [-0.25, -0.2) is 17.2 Å². The molecule has 0 spiro atoms. The number of sulfonamides is 1. The van der Waals surface area contributed by atoms with E-state index in [1.807, 2.05) is 24.3 Å². The van der Waals surface area contributed by atoms with Crippen molar-refractivity contribution in [2.24, 2.45) is 0 Å². The van der Waals surface area contributed by atoms with Gasteiger partial charge in [-0.05, 0) is 30.2 Å². The SMILES string of the molecule is O=S(=O)(c1ccc(F)cc1F)N1CCS[C@H](c2ccccc2Cl)CC1. The summed E-state index contributed by atoms with van der Waals surface area (Å²) in [5.41, 5.74) is 0.973. The second kappa shape index (κ2) is 7.61. The van der Waals surface area contributed by atoms with E-state index in [4.69, 9.17) is 11.6 Å². The van der Waals surface area contributed by atoms with Crippen molar-refractivity contribution in [3.05, 3.63) is 64.7 Å². The first kappa shape index (κ1) is 18.6. The Kier molecular flexibility index (Phi) is 5.68. The van der Waals surface area contributed by atoms with E-state index in [2.05, 4.69) is 0 Å². The molecule has 134 valence electrons. The molecule has 0 unspecified atom stereocenters. The van der Waals surface area contributed by atoms with Gasteiger partial charge in [0, 0.05) is 35.2 Å². The molecule has 25 heavy (non-hydrogen) atoms. The third-order valence-electron chi connectivity index (χ3n) is 4.06. The largest absolute Gasteiger partial charge is 0.246 e. The fourth-order valence-electron chi connectivity index (χ4n) is 2.80. The molecule has 3 nitrogen and oxygen atoms in total. The van der Waals surface area contributed by atoms with Gasteiger partial charge in [0.2, 0.25) is 10.0 Å². The van der Waals surface area contributed by atoms with Crippen LogP contribution >= 0.6 is 23.4 Å². The minimum Gasteiger partial charge on any atom is -0.207 e. The van der Waals surface area contributed by atoms with Crippen molar-refractivity contribution in [2.45, 2.75) is 16.6 Å². The van der Waals surface area contributed by atoms with Crippen molar-refractivity contribution >= 4 is 33.4 Å². The van der Waals surface area contributed by atoms with E-state index in [0.29, 0.717) is 23.3 Å². The van der Waals surface area contributed by atoms with Crippen LogP contribution in [0.25, 0.3) is 0 Å². The molecule has 8 heteroatoms. The third-order valence-corrected chi connectivity index (χ3v) is 7.65. The molecule has 2 aromatic carbocycles. The van der Waals surface area contributed by atoms with Crippen LogP contribution in [-0.4, -0.2) is 31.6 Å². The first-order chi connectivity index (χ1) is 11.9. The summed E-state index contributed by atoms with van der Waals surface area (Å²) in [6.07, 6.45) is 0.566. The summed E-state index contributed by atoms with van der Waals surface area (Å²) < 4.78 is 53.7. The Balaban J connectivity index is 1.82. The minimum absolute atomic E-state index is 0.0759. The van der Waals surface area contributed by atoms with E-state index in [-0.39, 0.29) is 18.3 Å². The van der Waals surface area contributed by atoms with Gasteiger partial charge in [0.15, 0.2) is 0 Å². The van der Waals surface area contributed by atoms with Crippen molar-refractivity contribution in [3.8, 4) is 0 Å². The lowest BCUT2D eigenvalue weighted by Gasteiger charge is -2.20. The van der Waals surface area contributed by atoms with E-state index in [9.17, 15) is 17.2 Å². The van der Waals surface area contributed by atoms with Gasteiger partial charge in [-0.15, -0.1) is 0 Å². The maximum Gasteiger partial charge on any atom is 0.246 e. The van der Waals surface area contributed by atoms with Crippen molar-refractivity contribution in [1.29, 1.82) is 0 Å². The molecule has 2 aromatic rings. The summed E-state index contributed by atoms with van der Waals surface area (Å²) in [7, 11) is -4.00. The van der Waals surface area contributed by atoms with Crippen LogP contribution in [0.4, 0.5) is 8.78 Å². The van der Waals surface area contributed by atoms with Gasteiger partial charge in [0.05, 0.1) is 0 Å². The van der Waals surface area contributed by atoms with Crippen LogP contribution in [0.2, 0.25) is 5.02 Å². The lowest BCUT2D eigenvalue weighted by molar-refractivity contribution is 0.423. The Morgan fingerprint density at radius 3 is 2.60 bits per heavy atom. The number of halogens is 3. The Bertz CT molecular complexity index is 877. The molecule has 0 amide bonds. The van der Waals surface area contributed by atoms with Gasteiger partial charge < -0.3 is 0 Å². The van der Waals surface area contributed by atoms with Crippen LogP contribution in [0.3, 0.4) is 0 Å². The average Bonchev–Trinajstić information content (AvgIpc) is 2.81. The Morgan fingerprint density at radius 2 is 1.88 bits per heavy atom. The third kappa shape index (κ3) is 4.00. The Hall–Kier alpha value is -1.15. The number of thioether (sulfide) groups is 1. The molecule has 0 N–H and O–H groups in total. The Labute approximate surface area is 155 Å². The van der Waals surface area contributed by atoms with Crippen LogP contribution in [0.15, 0.2) is 47.4 Å². The molecule has 1 aliphatic rings. The molecule has 3 rings (SSSR count). The zero-order valence-corrected chi connectivity index (χ0v) is 15.6. The molecule has 1 heterocycles. The summed E-state index contributed by atoms with van der Waals surface area (Å²) in [4.78, 5) is -0.491. The summed E-state index contributed by atoms with van der Waals surface area (Å²) in [5, 5.41) is 0.729. The number of rotatable bonds is 3. The zero-order chi connectivity index (χ0) is 18.0. The van der Waals surface area contributed by atoms with Crippen LogP contribution in [-0.2, 0) is 10.0 Å². The zero-order valence-electron chi connectivity index (χ0n) is 13.2. The number of hydrogen-bond donors (Lipinski definition) is 0. The number of nitrogens with zero attached hydrogens (tertiary/aromatic N) is 1. The smallest absolute Gasteiger partial charge is 0.207 e. The van der Waals surface area contributed by atoms with E-state index < -0.39 is 26.6 Å². The molecule has 1 saturated heterocycles. The first-order valence-electron chi connectivity index (χ1n) is 7.71. The van der Waals surface area contributed by atoms with E-state index in [1.165, 1.54) is 4.31 Å². The fraction of sp³-hybridized carbons (Fsp3) is 0.294. The predicted molar refractivity (Wildman–Crippen MR) is 96.4 cm³/mol. The number of benzene rings is 2. The van der Waals surface area contributed by atoms with Gasteiger partial charge in [0.1, 0.15) is 16.5 Å². The monoisotopic (exact) mass is 403 g/mol. The van der Waals surface area contributed by atoms with Crippen LogP contribution < -0.4 is 0 Å². The van der Waals surface area contributed by atoms with Crippen LogP contribution in [0.5, 0.6) is 0 Å². The molecular weight excluding hydrogens is 388 g/mol. The van der Waals surface area contributed by atoms with Gasteiger partial charge in [-0.2, -0.15) is 16.1 Å². The molecule has 0 bridgehead atoms. The summed E-state index contributed by atoms with van der Waals surface area (Å²) in [5.74, 6) is -1.31. The lowest BCUT2D eigenvalue weighted by atomic mass is 10.1. The molecule has 0 aliphatic carbocycles. The highest BCUT2D eigenvalue weighted by atomic mass is 35.5. The topological polar surface area (TPSA) is 37.4 Å². The van der Waals surface area contributed by atoms with Crippen molar-refractivity contribution < 1.29 is 17.2 Å². The van der Waals surface area contributed by atoms with Crippen LogP contribution in [0.1, 0.15) is 17.2 Å². The highest BCUT2D eigenvalue weighted by Crippen LogP contribution is 2.38. The quantitative estimate of drug-likeness (QED) is 0.757. The van der Waals surface area contributed by atoms with Gasteiger partial charge in [0.25, 0.3) is 0 Å². The van der Waals surface area contributed by atoms with Crippen molar-refractivity contribution in [2.75, 3.05) is 18.8 Å². The van der Waals surface area contributed by atoms with Crippen molar-refractivity contribution in [1.82, 2.24) is 4.31 Å². The standard InChI is InChI=1S/C17H16ClF2NO2S2/c18-14-4-2-1-3-13(14)16-7-8-21(9-10-24-16)25(22,23)17-6-5-12(19)11-15(17)20/h1-6,11,16H,7-10H2/t16-/m0/s1. The number of hydrogen-bond acceptors (Lipinski definition) is 3. The van der Waals surface area contributed by atoms with E-state index >= 15 is 0 Å². The summed E-state index contributed by atoms with van der Waals surface area (Å²) >= 11 is 7.87. The summed E-state index contributed by atoms with van der Waals surface area (Å²) in [6, 6.07) is 10.0. The molecule has 0 aromatic heterocycles. The second-order valence-electron chi connectivity index (χ2n) is 5.65. The normalized spacial score (nSPS) is 19.6. The Morgan fingerprint density at radius 1 is 1.12 bits per heavy atom.